The molecule has 0 radical (unpaired) electrons. The Bertz CT molecular complexity index is 1020. The molecule has 1 aliphatic heterocycles. The van der Waals surface area contributed by atoms with E-state index in [0.717, 1.165) is 5.75 Å². The van der Waals surface area contributed by atoms with Gasteiger partial charge < -0.3 is 19.5 Å². The Labute approximate surface area is 202 Å². The molecule has 1 heterocycles. The molecule has 1 saturated heterocycles. The minimum absolute atomic E-state index is 0.00948. The average molecular weight is 492 g/mol. The molecule has 0 bridgehead atoms. The lowest BCUT2D eigenvalue weighted by molar-refractivity contribution is -0.128. The summed E-state index contributed by atoms with van der Waals surface area (Å²) in [6.07, 6.45) is 0.670. The molecule has 1 unspecified atom stereocenters. The maximum atomic E-state index is 13.1. The van der Waals surface area contributed by atoms with E-state index in [4.69, 9.17) is 25.8 Å². The van der Waals surface area contributed by atoms with Crippen LogP contribution in [-0.4, -0.2) is 61.6 Å². The molecular weight excluding hydrogens is 466 g/mol. The van der Waals surface area contributed by atoms with Crippen molar-refractivity contribution in [3.05, 3.63) is 47.5 Å². The first-order chi connectivity index (χ1) is 15.9. The zero-order valence-electron chi connectivity index (χ0n) is 18.7. The molecule has 2 aromatic carbocycles. The van der Waals surface area contributed by atoms with Gasteiger partial charge in [-0.25, -0.2) is 4.99 Å². The molecule has 1 atom stereocenters. The SMILES string of the molecule is COCCCN1C(=O)C(CC(=O)Nc2ccc(OC)c(Cl)c2)SC1=Nc1ccc(OC)cc1. The zero-order chi connectivity index (χ0) is 23.8. The van der Waals surface area contributed by atoms with Crippen molar-refractivity contribution in [1.82, 2.24) is 4.90 Å². The summed E-state index contributed by atoms with van der Waals surface area (Å²) in [6.45, 7) is 0.981. The summed E-state index contributed by atoms with van der Waals surface area (Å²) in [7, 11) is 4.73. The summed E-state index contributed by atoms with van der Waals surface area (Å²) < 4.78 is 15.4. The minimum atomic E-state index is -0.571. The summed E-state index contributed by atoms with van der Waals surface area (Å²) in [6, 6.07) is 12.2. The van der Waals surface area contributed by atoms with Gasteiger partial charge in [-0.1, -0.05) is 23.4 Å². The Hall–Kier alpha value is -2.75. The first-order valence-corrected chi connectivity index (χ1v) is 11.5. The van der Waals surface area contributed by atoms with Crippen molar-refractivity contribution in [3.8, 4) is 11.5 Å². The van der Waals surface area contributed by atoms with Crippen LogP contribution < -0.4 is 14.8 Å². The first-order valence-electron chi connectivity index (χ1n) is 10.3. The monoisotopic (exact) mass is 491 g/mol. The van der Waals surface area contributed by atoms with Crippen LogP contribution in [0, 0.1) is 0 Å². The number of anilines is 1. The van der Waals surface area contributed by atoms with Crippen LogP contribution in [0.2, 0.25) is 5.02 Å². The van der Waals surface area contributed by atoms with E-state index in [9.17, 15) is 9.59 Å². The van der Waals surface area contributed by atoms with Gasteiger partial charge in [0, 0.05) is 32.4 Å². The molecule has 0 spiro atoms. The predicted octanol–water partition coefficient (Wildman–Crippen LogP) is 4.35. The Morgan fingerprint density at radius 1 is 1.15 bits per heavy atom. The molecule has 2 amide bonds. The number of nitrogens with one attached hydrogen (secondary N) is 1. The number of halogens is 1. The van der Waals surface area contributed by atoms with Crippen LogP contribution in [0.5, 0.6) is 11.5 Å². The zero-order valence-corrected chi connectivity index (χ0v) is 20.2. The van der Waals surface area contributed by atoms with Gasteiger partial charge in [0.1, 0.15) is 16.7 Å². The van der Waals surface area contributed by atoms with Crippen LogP contribution >= 0.6 is 23.4 Å². The lowest BCUT2D eigenvalue weighted by Crippen LogP contribution is -2.34. The quantitative estimate of drug-likeness (QED) is 0.497. The van der Waals surface area contributed by atoms with Gasteiger partial charge in [-0.3, -0.25) is 14.5 Å². The number of methoxy groups -OCH3 is 3. The minimum Gasteiger partial charge on any atom is -0.497 e. The number of carbonyl (C=O) groups is 2. The van der Waals surface area contributed by atoms with E-state index in [1.165, 1.54) is 18.9 Å². The fourth-order valence-electron chi connectivity index (χ4n) is 3.19. The van der Waals surface area contributed by atoms with Gasteiger partial charge in [-0.2, -0.15) is 0 Å². The molecular formula is C23H26ClN3O5S. The third kappa shape index (κ3) is 6.63. The summed E-state index contributed by atoms with van der Waals surface area (Å²) in [5.41, 5.74) is 1.23. The van der Waals surface area contributed by atoms with Crippen LogP contribution in [0.15, 0.2) is 47.5 Å². The Morgan fingerprint density at radius 3 is 2.55 bits per heavy atom. The van der Waals surface area contributed by atoms with Crippen LogP contribution in [0.1, 0.15) is 12.8 Å². The van der Waals surface area contributed by atoms with Crippen LogP contribution in [0.3, 0.4) is 0 Å². The van der Waals surface area contributed by atoms with Crippen molar-refractivity contribution < 1.29 is 23.8 Å². The highest BCUT2D eigenvalue weighted by atomic mass is 35.5. The van der Waals surface area contributed by atoms with Gasteiger partial charge in [0.05, 0.1) is 24.9 Å². The normalized spacial score (nSPS) is 16.8. The van der Waals surface area contributed by atoms with Crippen LogP contribution in [0.4, 0.5) is 11.4 Å². The Kier molecular flexibility index (Phi) is 8.99. The fraction of sp³-hybridized carbons (Fsp3) is 0.348. The number of amides is 2. The number of hydrogen-bond donors (Lipinski definition) is 1. The number of ether oxygens (including phenoxy) is 3. The van der Waals surface area contributed by atoms with Crippen molar-refractivity contribution in [3.63, 3.8) is 0 Å². The van der Waals surface area contributed by atoms with Gasteiger partial charge in [0.25, 0.3) is 0 Å². The van der Waals surface area contributed by atoms with Crippen LogP contribution in [-0.2, 0) is 14.3 Å². The van der Waals surface area contributed by atoms with Gasteiger partial charge in [0.15, 0.2) is 5.17 Å². The van der Waals surface area contributed by atoms with Crippen molar-refractivity contribution in [2.45, 2.75) is 18.1 Å². The molecule has 0 aromatic heterocycles. The van der Waals surface area contributed by atoms with E-state index >= 15 is 0 Å². The Morgan fingerprint density at radius 2 is 1.91 bits per heavy atom. The summed E-state index contributed by atoms with van der Waals surface area (Å²) >= 11 is 7.41. The number of thioether (sulfide) groups is 1. The number of nitrogens with zero attached hydrogens (tertiary/aromatic N) is 2. The molecule has 1 N–H and O–H groups in total. The molecule has 1 aliphatic rings. The molecule has 3 rings (SSSR count). The second kappa shape index (κ2) is 11.9. The van der Waals surface area contributed by atoms with Gasteiger partial charge in [-0.15, -0.1) is 0 Å². The summed E-state index contributed by atoms with van der Waals surface area (Å²) in [5.74, 6) is 0.803. The third-order valence-corrected chi connectivity index (χ3v) is 6.32. The van der Waals surface area contributed by atoms with Gasteiger partial charge >= 0.3 is 0 Å². The highest BCUT2D eigenvalue weighted by Gasteiger charge is 2.38. The molecule has 8 nitrogen and oxygen atoms in total. The van der Waals surface area contributed by atoms with E-state index in [0.29, 0.717) is 46.9 Å². The smallest absolute Gasteiger partial charge is 0.242 e. The van der Waals surface area contributed by atoms with Gasteiger partial charge in [-0.05, 0) is 48.9 Å². The molecule has 1 fully saturated rings. The third-order valence-electron chi connectivity index (χ3n) is 4.85. The van der Waals surface area contributed by atoms with E-state index in [1.807, 2.05) is 12.1 Å². The standard InChI is InChI=1S/C23H26ClN3O5S/c1-30-12-4-11-27-22(29)20(33-23(27)26-15-5-8-17(31-2)9-6-15)14-21(28)25-16-7-10-19(32-3)18(24)13-16/h5-10,13,20H,4,11-12,14H2,1-3H3,(H,25,28). The van der Waals surface area contributed by atoms with Crippen molar-refractivity contribution in [1.29, 1.82) is 0 Å². The average Bonchev–Trinajstić information content (AvgIpc) is 3.08. The highest BCUT2D eigenvalue weighted by molar-refractivity contribution is 8.15. The molecule has 176 valence electrons. The van der Waals surface area contributed by atoms with Crippen molar-refractivity contribution in [2.75, 3.05) is 39.8 Å². The fourth-order valence-corrected chi connectivity index (χ4v) is 4.63. The van der Waals surface area contributed by atoms with E-state index in [-0.39, 0.29) is 18.2 Å². The molecule has 2 aromatic rings. The largest absolute Gasteiger partial charge is 0.497 e. The van der Waals surface area contributed by atoms with E-state index in [2.05, 4.69) is 10.3 Å². The lowest BCUT2D eigenvalue weighted by Gasteiger charge is -2.16. The first kappa shape index (κ1) is 24.9. The van der Waals surface area contributed by atoms with E-state index in [1.54, 1.807) is 49.5 Å². The van der Waals surface area contributed by atoms with E-state index < -0.39 is 5.25 Å². The topological polar surface area (TPSA) is 89.5 Å². The number of hydrogen-bond acceptors (Lipinski definition) is 7. The maximum absolute atomic E-state index is 13.1. The number of aliphatic imine (C=N–C) groups is 1. The predicted molar refractivity (Wildman–Crippen MR) is 131 cm³/mol. The maximum Gasteiger partial charge on any atom is 0.242 e. The number of carbonyl (C=O) groups excluding carboxylic acids is 2. The number of amidine groups is 1. The Balaban J connectivity index is 1.72. The number of benzene rings is 2. The highest BCUT2D eigenvalue weighted by Crippen LogP contribution is 2.33. The van der Waals surface area contributed by atoms with Gasteiger partial charge in [0.2, 0.25) is 11.8 Å². The van der Waals surface area contributed by atoms with Crippen molar-refractivity contribution >= 4 is 51.7 Å². The summed E-state index contributed by atoms with van der Waals surface area (Å²) in [4.78, 5) is 32.0. The molecule has 10 heteroatoms. The van der Waals surface area contributed by atoms with Crippen molar-refractivity contribution in [2.24, 2.45) is 4.99 Å². The molecule has 33 heavy (non-hydrogen) atoms. The second-order valence-corrected chi connectivity index (χ2v) is 8.71. The van der Waals surface area contributed by atoms with Crippen LogP contribution in [0.25, 0.3) is 0 Å². The number of rotatable bonds is 10. The lowest BCUT2D eigenvalue weighted by atomic mass is 10.2. The summed E-state index contributed by atoms with van der Waals surface area (Å²) in [5, 5.41) is 3.17. The molecule has 0 saturated carbocycles. The second-order valence-electron chi connectivity index (χ2n) is 7.14. The molecule has 0 aliphatic carbocycles.